The maximum absolute atomic E-state index is 3.66. The summed E-state index contributed by atoms with van der Waals surface area (Å²) in [5.41, 5.74) is 2.65. The van der Waals surface area contributed by atoms with Crippen LogP contribution in [-0.2, 0) is 5.33 Å². The van der Waals surface area contributed by atoms with Crippen molar-refractivity contribution in [2.45, 2.75) is 31.6 Å². The summed E-state index contributed by atoms with van der Waals surface area (Å²) in [5, 5.41) is 0.899. The van der Waals surface area contributed by atoms with E-state index in [2.05, 4.69) is 73.7 Å². The molecule has 0 spiro atoms. The number of hydrogen-bond donors (Lipinski definition) is 0. The first kappa shape index (κ1) is 15.3. The van der Waals surface area contributed by atoms with Gasteiger partial charge in [-0.3, -0.25) is 4.90 Å². The Kier molecular flexibility index (Phi) is 5.72. The first-order valence-electron chi connectivity index (χ1n) is 7.03. The number of alkyl halides is 1. The number of nitrogens with zero attached hydrogens (tertiary/aromatic N) is 2. The molecule has 0 N–H and O–H groups in total. The third kappa shape index (κ3) is 3.53. The average molecular weight is 390 g/mol. The van der Waals surface area contributed by atoms with Crippen LogP contribution in [0.4, 0.5) is 5.69 Å². The van der Waals surface area contributed by atoms with Crippen molar-refractivity contribution in [2.75, 3.05) is 31.1 Å². The Balaban J connectivity index is 2.06. The van der Waals surface area contributed by atoms with Gasteiger partial charge in [-0.05, 0) is 37.2 Å². The van der Waals surface area contributed by atoms with E-state index in [4.69, 9.17) is 0 Å². The van der Waals surface area contributed by atoms with E-state index in [0.29, 0.717) is 6.04 Å². The van der Waals surface area contributed by atoms with Crippen molar-refractivity contribution in [1.82, 2.24) is 4.90 Å². The minimum Gasteiger partial charge on any atom is -0.370 e. The molecule has 0 radical (unpaired) electrons. The lowest BCUT2D eigenvalue weighted by Gasteiger charge is -2.26. The molecule has 0 bridgehead atoms. The number of hydrogen-bond acceptors (Lipinski definition) is 2. The molecule has 1 aromatic carbocycles. The molecule has 2 rings (SSSR count). The standard InChI is InChI=1S/C15H22Br2N2/c1-3-18(4-2)14-7-8-19(11-14)13-6-5-12(10-16)15(17)9-13/h5-6,9,14H,3-4,7-8,10-11H2,1-2H3. The van der Waals surface area contributed by atoms with Crippen molar-refractivity contribution in [3.63, 3.8) is 0 Å². The highest BCUT2D eigenvalue weighted by atomic mass is 79.9. The van der Waals surface area contributed by atoms with Gasteiger partial charge in [0.15, 0.2) is 0 Å². The topological polar surface area (TPSA) is 6.48 Å². The van der Waals surface area contributed by atoms with Crippen molar-refractivity contribution in [1.29, 1.82) is 0 Å². The van der Waals surface area contributed by atoms with Crippen LogP contribution in [-0.4, -0.2) is 37.1 Å². The van der Waals surface area contributed by atoms with Crippen LogP contribution in [0.1, 0.15) is 25.8 Å². The Morgan fingerprint density at radius 3 is 2.63 bits per heavy atom. The van der Waals surface area contributed by atoms with Crippen molar-refractivity contribution >= 4 is 37.5 Å². The summed E-state index contributed by atoms with van der Waals surface area (Å²) < 4.78 is 1.20. The first-order valence-corrected chi connectivity index (χ1v) is 8.94. The summed E-state index contributed by atoms with van der Waals surface area (Å²) in [4.78, 5) is 5.08. The molecule has 1 aliphatic heterocycles. The van der Waals surface area contributed by atoms with Gasteiger partial charge in [0.05, 0.1) is 0 Å². The second kappa shape index (κ2) is 7.09. The zero-order valence-electron chi connectivity index (χ0n) is 11.7. The number of halogens is 2. The van der Waals surface area contributed by atoms with Gasteiger partial charge in [0.25, 0.3) is 0 Å². The van der Waals surface area contributed by atoms with Crippen molar-refractivity contribution < 1.29 is 0 Å². The molecule has 1 unspecified atom stereocenters. The maximum atomic E-state index is 3.66. The van der Waals surface area contributed by atoms with Crippen LogP contribution in [0.25, 0.3) is 0 Å². The largest absolute Gasteiger partial charge is 0.370 e. The van der Waals surface area contributed by atoms with Gasteiger partial charge in [-0.2, -0.15) is 0 Å². The summed E-state index contributed by atoms with van der Waals surface area (Å²) in [5.74, 6) is 0. The number of rotatable bonds is 5. The Labute approximate surface area is 133 Å². The first-order chi connectivity index (χ1) is 9.19. The fourth-order valence-corrected chi connectivity index (χ4v) is 4.23. The zero-order chi connectivity index (χ0) is 13.8. The van der Waals surface area contributed by atoms with Gasteiger partial charge in [0.2, 0.25) is 0 Å². The zero-order valence-corrected chi connectivity index (χ0v) is 14.9. The van der Waals surface area contributed by atoms with Crippen molar-refractivity contribution in [3.8, 4) is 0 Å². The number of likely N-dealkylation sites (N-methyl/N-ethyl adjacent to an activating group) is 1. The molecule has 1 heterocycles. The number of benzene rings is 1. The fraction of sp³-hybridized carbons (Fsp3) is 0.600. The molecular weight excluding hydrogens is 368 g/mol. The predicted octanol–water partition coefficient (Wildman–Crippen LogP) is 4.26. The summed E-state index contributed by atoms with van der Waals surface area (Å²) in [6, 6.07) is 7.41. The lowest BCUT2D eigenvalue weighted by atomic mass is 10.2. The van der Waals surface area contributed by atoms with Gasteiger partial charge in [-0.1, -0.05) is 51.8 Å². The van der Waals surface area contributed by atoms with E-state index in [1.165, 1.54) is 28.7 Å². The van der Waals surface area contributed by atoms with E-state index in [1.54, 1.807) is 0 Å². The second-order valence-corrected chi connectivity index (χ2v) is 6.43. The fourth-order valence-electron chi connectivity index (χ4n) is 2.86. The number of anilines is 1. The molecule has 0 aliphatic carbocycles. The SMILES string of the molecule is CCN(CC)C1CCN(c2ccc(CBr)c(Br)c2)C1. The molecule has 2 nitrogen and oxygen atoms in total. The van der Waals surface area contributed by atoms with Crippen molar-refractivity contribution in [3.05, 3.63) is 28.2 Å². The highest BCUT2D eigenvalue weighted by molar-refractivity contribution is 9.10. The van der Waals surface area contributed by atoms with Crippen LogP contribution in [0.5, 0.6) is 0 Å². The van der Waals surface area contributed by atoms with E-state index >= 15 is 0 Å². The highest BCUT2D eigenvalue weighted by Gasteiger charge is 2.26. The van der Waals surface area contributed by atoms with Crippen LogP contribution in [0.15, 0.2) is 22.7 Å². The molecule has 0 aromatic heterocycles. The molecule has 19 heavy (non-hydrogen) atoms. The summed E-state index contributed by atoms with van der Waals surface area (Å²) in [6.45, 7) is 9.15. The third-order valence-electron chi connectivity index (χ3n) is 4.04. The molecule has 1 saturated heterocycles. The normalized spacial score (nSPS) is 19.4. The molecule has 1 fully saturated rings. The lowest BCUT2D eigenvalue weighted by molar-refractivity contribution is 0.232. The predicted molar refractivity (Wildman–Crippen MR) is 90.3 cm³/mol. The molecule has 1 aliphatic rings. The Morgan fingerprint density at radius 1 is 1.32 bits per heavy atom. The van der Waals surface area contributed by atoms with E-state index in [1.807, 2.05) is 0 Å². The molecular formula is C15H22Br2N2. The van der Waals surface area contributed by atoms with Crippen LogP contribution in [0, 0.1) is 0 Å². The maximum Gasteiger partial charge on any atom is 0.0378 e. The molecule has 1 atom stereocenters. The molecule has 106 valence electrons. The second-order valence-electron chi connectivity index (χ2n) is 5.02. The van der Waals surface area contributed by atoms with Gasteiger partial charge in [0, 0.05) is 34.6 Å². The monoisotopic (exact) mass is 388 g/mol. The third-order valence-corrected chi connectivity index (χ3v) is 5.38. The quantitative estimate of drug-likeness (QED) is 0.694. The minimum atomic E-state index is 0.713. The van der Waals surface area contributed by atoms with Crippen LogP contribution in [0.2, 0.25) is 0 Å². The minimum absolute atomic E-state index is 0.713. The molecule has 0 amide bonds. The van der Waals surface area contributed by atoms with E-state index in [9.17, 15) is 0 Å². The average Bonchev–Trinajstić information content (AvgIpc) is 2.90. The van der Waals surface area contributed by atoms with Crippen LogP contribution in [0.3, 0.4) is 0 Å². The smallest absolute Gasteiger partial charge is 0.0378 e. The van der Waals surface area contributed by atoms with E-state index < -0.39 is 0 Å². The van der Waals surface area contributed by atoms with Gasteiger partial charge >= 0.3 is 0 Å². The lowest BCUT2D eigenvalue weighted by Crippen LogP contribution is -2.37. The molecule has 1 aromatic rings. The molecule has 0 saturated carbocycles. The summed E-state index contributed by atoms with van der Waals surface area (Å²) in [7, 11) is 0. The highest BCUT2D eigenvalue weighted by Crippen LogP contribution is 2.28. The molecule has 4 heteroatoms. The Morgan fingerprint density at radius 2 is 2.05 bits per heavy atom. The van der Waals surface area contributed by atoms with Crippen LogP contribution >= 0.6 is 31.9 Å². The summed E-state index contributed by atoms with van der Waals surface area (Å²) in [6.07, 6.45) is 1.28. The van der Waals surface area contributed by atoms with Gasteiger partial charge in [-0.25, -0.2) is 0 Å². The van der Waals surface area contributed by atoms with Gasteiger partial charge < -0.3 is 4.90 Å². The van der Waals surface area contributed by atoms with Crippen molar-refractivity contribution in [2.24, 2.45) is 0 Å². The van der Waals surface area contributed by atoms with E-state index in [0.717, 1.165) is 25.0 Å². The van der Waals surface area contributed by atoms with E-state index in [-0.39, 0.29) is 0 Å². The van der Waals surface area contributed by atoms with Gasteiger partial charge in [0.1, 0.15) is 0 Å². The van der Waals surface area contributed by atoms with Gasteiger partial charge in [-0.15, -0.1) is 0 Å². The summed E-state index contributed by atoms with van der Waals surface area (Å²) >= 11 is 7.17. The Bertz CT molecular complexity index is 419. The van der Waals surface area contributed by atoms with Crippen LogP contribution < -0.4 is 4.90 Å². The Hall–Kier alpha value is -0.0600.